The summed E-state index contributed by atoms with van der Waals surface area (Å²) in [5.41, 5.74) is 9.41. The van der Waals surface area contributed by atoms with E-state index < -0.39 is 0 Å². The highest BCUT2D eigenvalue weighted by Crippen LogP contribution is 2.13. The van der Waals surface area contributed by atoms with E-state index >= 15 is 0 Å². The van der Waals surface area contributed by atoms with Crippen LogP contribution in [0.1, 0.15) is 25.0 Å². The predicted octanol–water partition coefficient (Wildman–Crippen LogP) is 2.37. The van der Waals surface area contributed by atoms with E-state index in [0.29, 0.717) is 5.96 Å². The molecule has 1 aromatic carbocycles. The van der Waals surface area contributed by atoms with Crippen molar-refractivity contribution in [3.63, 3.8) is 0 Å². The van der Waals surface area contributed by atoms with Crippen molar-refractivity contribution < 1.29 is 0 Å². The van der Waals surface area contributed by atoms with Crippen LogP contribution < -0.4 is 11.1 Å². The second-order valence-corrected chi connectivity index (χ2v) is 4.72. The molecule has 0 heterocycles. The van der Waals surface area contributed by atoms with E-state index in [1.807, 2.05) is 6.07 Å². The SMILES string of the molecule is CCN(CC)CCN=C(N)Nc1ccc(C)c(C)c1. The Labute approximate surface area is 116 Å². The zero-order valence-electron chi connectivity index (χ0n) is 12.5. The van der Waals surface area contributed by atoms with Crippen LogP contribution in [-0.4, -0.2) is 37.0 Å². The third kappa shape index (κ3) is 5.30. The highest BCUT2D eigenvalue weighted by Gasteiger charge is 1.99. The van der Waals surface area contributed by atoms with Crippen LogP contribution in [-0.2, 0) is 0 Å². The van der Waals surface area contributed by atoms with Crippen LogP contribution in [0.5, 0.6) is 0 Å². The zero-order valence-corrected chi connectivity index (χ0v) is 12.5. The van der Waals surface area contributed by atoms with Gasteiger partial charge in [-0.15, -0.1) is 0 Å². The summed E-state index contributed by atoms with van der Waals surface area (Å²) in [5, 5.41) is 3.13. The number of nitrogens with two attached hydrogens (primary N) is 1. The molecule has 0 aliphatic rings. The van der Waals surface area contributed by atoms with Gasteiger partial charge in [0.15, 0.2) is 5.96 Å². The second-order valence-electron chi connectivity index (χ2n) is 4.72. The molecule has 0 spiro atoms. The Balaban J connectivity index is 2.49. The molecule has 1 rings (SSSR count). The standard InChI is InChI=1S/C15H26N4/c1-5-19(6-2)10-9-17-15(16)18-14-8-7-12(3)13(4)11-14/h7-8,11H,5-6,9-10H2,1-4H3,(H3,16,17,18). The maximum absolute atomic E-state index is 5.88. The number of aryl methyl sites for hydroxylation is 2. The molecule has 0 saturated heterocycles. The van der Waals surface area contributed by atoms with Gasteiger partial charge in [-0.1, -0.05) is 19.9 Å². The lowest BCUT2D eigenvalue weighted by atomic mass is 10.1. The van der Waals surface area contributed by atoms with Gasteiger partial charge in [0.2, 0.25) is 0 Å². The van der Waals surface area contributed by atoms with E-state index in [2.05, 4.69) is 55.0 Å². The number of anilines is 1. The first kappa shape index (κ1) is 15.5. The molecule has 0 aromatic heterocycles. The molecule has 3 N–H and O–H groups in total. The largest absolute Gasteiger partial charge is 0.370 e. The van der Waals surface area contributed by atoms with Crippen LogP contribution >= 0.6 is 0 Å². The number of nitrogens with zero attached hydrogens (tertiary/aromatic N) is 2. The molecule has 0 unspecified atom stereocenters. The predicted molar refractivity (Wildman–Crippen MR) is 83.8 cm³/mol. The van der Waals surface area contributed by atoms with Gasteiger partial charge in [-0.05, 0) is 50.2 Å². The summed E-state index contributed by atoms with van der Waals surface area (Å²) in [6.45, 7) is 12.3. The summed E-state index contributed by atoms with van der Waals surface area (Å²) in [4.78, 5) is 6.68. The normalized spacial score (nSPS) is 11.9. The van der Waals surface area contributed by atoms with Gasteiger partial charge in [-0.25, -0.2) is 0 Å². The van der Waals surface area contributed by atoms with Crippen molar-refractivity contribution in [1.82, 2.24) is 4.90 Å². The smallest absolute Gasteiger partial charge is 0.193 e. The van der Waals surface area contributed by atoms with Gasteiger partial charge in [0, 0.05) is 12.2 Å². The summed E-state index contributed by atoms with van der Waals surface area (Å²) in [5.74, 6) is 0.482. The minimum absolute atomic E-state index is 0.482. The molecule has 4 nitrogen and oxygen atoms in total. The van der Waals surface area contributed by atoms with Crippen molar-refractivity contribution in [3.8, 4) is 0 Å². The Morgan fingerprint density at radius 2 is 1.89 bits per heavy atom. The number of guanidine groups is 1. The first-order valence-electron chi connectivity index (χ1n) is 6.93. The van der Waals surface area contributed by atoms with Crippen LogP contribution in [0.2, 0.25) is 0 Å². The monoisotopic (exact) mass is 262 g/mol. The molecule has 0 fully saturated rings. The highest BCUT2D eigenvalue weighted by molar-refractivity contribution is 5.92. The fourth-order valence-electron chi connectivity index (χ4n) is 1.86. The molecule has 106 valence electrons. The lowest BCUT2D eigenvalue weighted by molar-refractivity contribution is 0.313. The molecule has 19 heavy (non-hydrogen) atoms. The first-order valence-corrected chi connectivity index (χ1v) is 6.93. The molecule has 0 aliphatic carbocycles. The van der Waals surface area contributed by atoms with Gasteiger partial charge in [-0.3, -0.25) is 4.99 Å². The fraction of sp³-hybridized carbons (Fsp3) is 0.533. The second kappa shape index (κ2) is 7.79. The molecule has 0 bridgehead atoms. The minimum atomic E-state index is 0.482. The quantitative estimate of drug-likeness (QED) is 0.611. The molecule has 0 atom stereocenters. The van der Waals surface area contributed by atoms with Crippen LogP contribution in [0, 0.1) is 13.8 Å². The minimum Gasteiger partial charge on any atom is -0.370 e. The molecule has 0 amide bonds. The number of rotatable bonds is 6. The van der Waals surface area contributed by atoms with E-state index in [4.69, 9.17) is 5.73 Å². The van der Waals surface area contributed by atoms with Gasteiger partial charge in [0.1, 0.15) is 0 Å². The van der Waals surface area contributed by atoms with Crippen molar-refractivity contribution in [2.24, 2.45) is 10.7 Å². The molecule has 0 saturated carbocycles. The maximum Gasteiger partial charge on any atom is 0.193 e. The maximum atomic E-state index is 5.88. The molecular weight excluding hydrogens is 236 g/mol. The van der Waals surface area contributed by atoms with Crippen molar-refractivity contribution in [3.05, 3.63) is 29.3 Å². The Hall–Kier alpha value is -1.55. The number of aliphatic imine (C=N–C) groups is 1. The molecule has 0 aliphatic heterocycles. The van der Waals surface area contributed by atoms with E-state index in [9.17, 15) is 0 Å². The van der Waals surface area contributed by atoms with Crippen molar-refractivity contribution in [2.75, 3.05) is 31.5 Å². The number of hydrogen-bond donors (Lipinski definition) is 2. The number of likely N-dealkylation sites (N-methyl/N-ethyl adjacent to an activating group) is 1. The number of benzene rings is 1. The van der Waals surface area contributed by atoms with Gasteiger partial charge < -0.3 is 16.0 Å². The van der Waals surface area contributed by atoms with Crippen molar-refractivity contribution >= 4 is 11.6 Å². The van der Waals surface area contributed by atoms with E-state index in [1.54, 1.807) is 0 Å². The Kier molecular flexibility index (Phi) is 6.36. The number of hydrogen-bond acceptors (Lipinski definition) is 2. The lowest BCUT2D eigenvalue weighted by Gasteiger charge is -2.16. The Morgan fingerprint density at radius 3 is 2.47 bits per heavy atom. The van der Waals surface area contributed by atoms with Gasteiger partial charge >= 0.3 is 0 Å². The third-order valence-electron chi connectivity index (χ3n) is 3.37. The van der Waals surface area contributed by atoms with Crippen molar-refractivity contribution in [2.45, 2.75) is 27.7 Å². The summed E-state index contributed by atoms with van der Waals surface area (Å²) < 4.78 is 0. The van der Waals surface area contributed by atoms with E-state index in [-0.39, 0.29) is 0 Å². The van der Waals surface area contributed by atoms with Crippen molar-refractivity contribution in [1.29, 1.82) is 0 Å². The summed E-state index contributed by atoms with van der Waals surface area (Å²) >= 11 is 0. The summed E-state index contributed by atoms with van der Waals surface area (Å²) in [6.07, 6.45) is 0. The molecule has 4 heteroatoms. The number of nitrogens with one attached hydrogen (secondary N) is 1. The summed E-state index contributed by atoms with van der Waals surface area (Å²) in [7, 11) is 0. The molecule has 0 radical (unpaired) electrons. The molecule has 1 aromatic rings. The first-order chi connectivity index (χ1) is 9.06. The van der Waals surface area contributed by atoms with Gasteiger partial charge in [0.25, 0.3) is 0 Å². The Morgan fingerprint density at radius 1 is 1.21 bits per heavy atom. The van der Waals surface area contributed by atoms with Crippen LogP contribution in [0.15, 0.2) is 23.2 Å². The summed E-state index contributed by atoms with van der Waals surface area (Å²) in [6, 6.07) is 6.19. The topological polar surface area (TPSA) is 53.6 Å². The molecular formula is C15H26N4. The van der Waals surface area contributed by atoms with Crippen LogP contribution in [0.3, 0.4) is 0 Å². The van der Waals surface area contributed by atoms with Gasteiger partial charge in [0.05, 0.1) is 6.54 Å². The van der Waals surface area contributed by atoms with E-state index in [0.717, 1.165) is 31.9 Å². The third-order valence-corrected chi connectivity index (χ3v) is 3.37. The van der Waals surface area contributed by atoms with E-state index in [1.165, 1.54) is 11.1 Å². The van der Waals surface area contributed by atoms with Crippen LogP contribution in [0.25, 0.3) is 0 Å². The average molecular weight is 262 g/mol. The zero-order chi connectivity index (χ0) is 14.3. The lowest BCUT2D eigenvalue weighted by Crippen LogP contribution is -2.28. The average Bonchev–Trinajstić information content (AvgIpc) is 2.39. The van der Waals surface area contributed by atoms with Gasteiger partial charge in [-0.2, -0.15) is 0 Å². The Bertz CT molecular complexity index is 422. The van der Waals surface area contributed by atoms with Crippen LogP contribution in [0.4, 0.5) is 5.69 Å². The highest BCUT2D eigenvalue weighted by atomic mass is 15.1. The fourth-order valence-corrected chi connectivity index (χ4v) is 1.86.